The average Bonchev–Trinajstić information content (AvgIpc) is 2.70. The van der Waals surface area contributed by atoms with Gasteiger partial charge in [0.2, 0.25) is 0 Å². The summed E-state index contributed by atoms with van der Waals surface area (Å²) in [5.41, 5.74) is -0.0376. The highest BCUT2D eigenvalue weighted by Gasteiger charge is 2.12. The molecule has 0 saturated heterocycles. The molecule has 2 rings (SSSR count). The number of aromatic hydroxyl groups is 1. The lowest BCUT2D eigenvalue weighted by Gasteiger charge is -2.03. The Morgan fingerprint density at radius 2 is 2.25 bits per heavy atom. The molecule has 82 valence electrons. The van der Waals surface area contributed by atoms with Crippen LogP contribution in [0.15, 0.2) is 35.1 Å². The summed E-state index contributed by atoms with van der Waals surface area (Å²) in [6, 6.07) is 4.56. The molecule has 0 radical (unpaired) electrons. The van der Waals surface area contributed by atoms with E-state index in [1.54, 1.807) is 0 Å². The molecule has 5 nitrogen and oxygen atoms in total. The summed E-state index contributed by atoms with van der Waals surface area (Å²) in [5, 5.41) is 15.2. The Kier molecular flexibility index (Phi) is 2.55. The molecular weight excluding hydrogens is 215 g/mol. The first-order valence-corrected chi connectivity index (χ1v) is 4.37. The number of phenolic OH excluding ortho intramolecular Hbond substituents is 1. The van der Waals surface area contributed by atoms with Gasteiger partial charge in [-0.05, 0) is 12.1 Å². The maximum absolute atomic E-state index is 12.7. The molecule has 1 aromatic carbocycles. The minimum atomic E-state index is -0.615. The molecule has 0 atom stereocenters. The summed E-state index contributed by atoms with van der Waals surface area (Å²) < 4.78 is 17.2. The quantitative estimate of drug-likeness (QED) is 0.811. The summed E-state index contributed by atoms with van der Waals surface area (Å²) >= 11 is 0. The van der Waals surface area contributed by atoms with Gasteiger partial charge in [0.05, 0.1) is 5.56 Å². The normalized spacial score (nSPS) is 10.1. The molecule has 2 aromatic rings. The van der Waals surface area contributed by atoms with Crippen LogP contribution in [0.1, 0.15) is 10.4 Å². The van der Waals surface area contributed by atoms with Gasteiger partial charge in [-0.1, -0.05) is 5.16 Å². The molecular formula is C10H7FN2O3. The maximum Gasteiger partial charge on any atom is 0.260 e. The smallest absolute Gasteiger partial charge is 0.260 e. The highest BCUT2D eigenvalue weighted by molar-refractivity contribution is 6.05. The van der Waals surface area contributed by atoms with Crippen molar-refractivity contribution in [1.82, 2.24) is 5.16 Å². The highest BCUT2D eigenvalue weighted by Crippen LogP contribution is 2.19. The van der Waals surface area contributed by atoms with Crippen molar-refractivity contribution in [3.63, 3.8) is 0 Å². The Hall–Kier alpha value is -2.37. The second-order valence-electron chi connectivity index (χ2n) is 3.00. The summed E-state index contributed by atoms with van der Waals surface area (Å²) in [6.45, 7) is 0. The van der Waals surface area contributed by atoms with Crippen LogP contribution >= 0.6 is 0 Å². The fourth-order valence-corrected chi connectivity index (χ4v) is 1.16. The minimum absolute atomic E-state index is 0.0376. The number of nitrogens with one attached hydrogen (secondary N) is 1. The Balaban J connectivity index is 2.21. The predicted molar refractivity (Wildman–Crippen MR) is 52.5 cm³/mol. The van der Waals surface area contributed by atoms with Gasteiger partial charge in [0, 0.05) is 12.1 Å². The molecule has 0 bridgehead atoms. The first kappa shape index (κ1) is 10.2. The van der Waals surface area contributed by atoms with Crippen molar-refractivity contribution in [1.29, 1.82) is 0 Å². The number of hydrogen-bond acceptors (Lipinski definition) is 4. The summed E-state index contributed by atoms with van der Waals surface area (Å²) in [7, 11) is 0. The van der Waals surface area contributed by atoms with Crippen LogP contribution in [0, 0.1) is 5.82 Å². The van der Waals surface area contributed by atoms with E-state index in [0.29, 0.717) is 0 Å². The van der Waals surface area contributed by atoms with Crippen molar-refractivity contribution in [3.05, 3.63) is 41.9 Å². The highest BCUT2D eigenvalue weighted by atomic mass is 19.1. The van der Waals surface area contributed by atoms with Crippen LogP contribution in [0.5, 0.6) is 5.75 Å². The molecule has 0 aliphatic carbocycles. The third kappa shape index (κ3) is 2.00. The fraction of sp³-hybridized carbons (Fsp3) is 0. The van der Waals surface area contributed by atoms with E-state index in [4.69, 9.17) is 0 Å². The average molecular weight is 222 g/mol. The number of carbonyl (C=O) groups excluding carboxylic acids is 1. The number of phenols is 1. The third-order valence-corrected chi connectivity index (χ3v) is 1.88. The van der Waals surface area contributed by atoms with Gasteiger partial charge >= 0.3 is 0 Å². The molecule has 0 aliphatic rings. The number of halogens is 1. The SMILES string of the molecule is O=C(Nc1ccon1)c1ccc(F)cc1O. The molecule has 16 heavy (non-hydrogen) atoms. The van der Waals surface area contributed by atoms with Gasteiger partial charge in [-0.15, -0.1) is 0 Å². The number of rotatable bonds is 2. The summed E-state index contributed by atoms with van der Waals surface area (Å²) in [4.78, 5) is 11.6. The molecule has 1 amide bonds. The lowest BCUT2D eigenvalue weighted by Crippen LogP contribution is -2.12. The first-order valence-electron chi connectivity index (χ1n) is 4.37. The van der Waals surface area contributed by atoms with E-state index in [1.807, 2.05) is 0 Å². The molecule has 6 heteroatoms. The van der Waals surface area contributed by atoms with E-state index in [0.717, 1.165) is 12.1 Å². The van der Waals surface area contributed by atoms with Gasteiger partial charge in [0.25, 0.3) is 5.91 Å². The lowest BCUT2D eigenvalue weighted by atomic mass is 10.2. The molecule has 0 unspecified atom stereocenters. The van der Waals surface area contributed by atoms with E-state index in [9.17, 15) is 14.3 Å². The molecule has 0 aliphatic heterocycles. The molecule has 0 fully saturated rings. The van der Waals surface area contributed by atoms with Gasteiger partial charge in [-0.2, -0.15) is 0 Å². The lowest BCUT2D eigenvalue weighted by molar-refractivity contribution is 0.102. The van der Waals surface area contributed by atoms with Crippen LogP contribution in [0.4, 0.5) is 10.2 Å². The van der Waals surface area contributed by atoms with Crippen molar-refractivity contribution < 1.29 is 18.8 Å². The van der Waals surface area contributed by atoms with Gasteiger partial charge in [-0.25, -0.2) is 4.39 Å². The zero-order valence-electron chi connectivity index (χ0n) is 7.98. The van der Waals surface area contributed by atoms with Crippen LogP contribution < -0.4 is 5.32 Å². The van der Waals surface area contributed by atoms with Crippen molar-refractivity contribution in [3.8, 4) is 5.75 Å². The van der Waals surface area contributed by atoms with E-state index in [1.165, 1.54) is 18.4 Å². The fourth-order valence-electron chi connectivity index (χ4n) is 1.16. The Bertz CT molecular complexity index is 511. The number of aromatic nitrogens is 1. The van der Waals surface area contributed by atoms with Crippen LogP contribution in [0.3, 0.4) is 0 Å². The van der Waals surface area contributed by atoms with Gasteiger partial charge in [0.15, 0.2) is 5.82 Å². The number of carbonyl (C=O) groups is 1. The van der Waals surface area contributed by atoms with Crippen molar-refractivity contribution >= 4 is 11.7 Å². The second-order valence-corrected chi connectivity index (χ2v) is 3.00. The Labute approximate surface area is 89.5 Å². The van der Waals surface area contributed by atoms with Gasteiger partial charge in [0.1, 0.15) is 17.8 Å². The van der Waals surface area contributed by atoms with Crippen LogP contribution in [0.25, 0.3) is 0 Å². The van der Waals surface area contributed by atoms with Gasteiger partial charge < -0.3 is 14.9 Å². The monoisotopic (exact) mass is 222 g/mol. The molecule has 0 spiro atoms. The van der Waals surface area contributed by atoms with E-state index in [2.05, 4.69) is 15.0 Å². The van der Waals surface area contributed by atoms with Crippen molar-refractivity contribution in [2.24, 2.45) is 0 Å². The second kappa shape index (κ2) is 4.01. The minimum Gasteiger partial charge on any atom is -0.507 e. The number of amides is 1. The maximum atomic E-state index is 12.7. The molecule has 1 aromatic heterocycles. The van der Waals surface area contributed by atoms with Gasteiger partial charge in [-0.3, -0.25) is 4.79 Å². The zero-order valence-corrected chi connectivity index (χ0v) is 7.98. The van der Waals surface area contributed by atoms with E-state index >= 15 is 0 Å². The summed E-state index contributed by atoms with van der Waals surface area (Å²) in [5.74, 6) is -1.42. The molecule has 0 saturated carbocycles. The number of hydrogen-bond donors (Lipinski definition) is 2. The number of anilines is 1. The zero-order chi connectivity index (χ0) is 11.5. The summed E-state index contributed by atoms with van der Waals surface area (Å²) in [6.07, 6.45) is 1.29. The number of nitrogens with zero attached hydrogens (tertiary/aromatic N) is 1. The molecule has 2 N–H and O–H groups in total. The van der Waals surface area contributed by atoms with E-state index < -0.39 is 17.5 Å². The van der Waals surface area contributed by atoms with Crippen molar-refractivity contribution in [2.45, 2.75) is 0 Å². The standard InChI is InChI=1S/C10H7FN2O3/c11-6-1-2-7(8(14)5-6)10(15)12-9-3-4-16-13-9/h1-5,14H,(H,12,13,15). The van der Waals surface area contributed by atoms with Crippen LogP contribution in [-0.2, 0) is 0 Å². The van der Waals surface area contributed by atoms with Crippen molar-refractivity contribution in [2.75, 3.05) is 5.32 Å². The largest absolute Gasteiger partial charge is 0.507 e. The number of benzene rings is 1. The Morgan fingerprint density at radius 1 is 1.44 bits per heavy atom. The van der Waals surface area contributed by atoms with Crippen LogP contribution in [0.2, 0.25) is 0 Å². The Morgan fingerprint density at radius 3 is 2.88 bits per heavy atom. The topological polar surface area (TPSA) is 75.4 Å². The molecule has 1 heterocycles. The van der Waals surface area contributed by atoms with E-state index in [-0.39, 0.29) is 11.4 Å². The predicted octanol–water partition coefficient (Wildman–Crippen LogP) is 1.77. The van der Waals surface area contributed by atoms with Crippen LogP contribution in [-0.4, -0.2) is 16.2 Å². The third-order valence-electron chi connectivity index (χ3n) is 1.88. The first-order chi connectivity index (χ1) is 7.66.